The minimum Gasteiger partial charge on any atom is -0.497 e. The Kier molecular flexibility index (Phi) is 6.43. The molecule has 5 rings (SSSR count). The fourth-order valence-electron chi connectivity index (χ4n) is 4.21. The maximum atomic E-state index is 12.7. The Bertz CT molecular complexity index is 1090. The molecule has 0 saturated carbocycles. The summed E-state index contributed by atoms with van der Waals surface area (Å²) in [6.45, 7) is 0. The lowest BCUT2D eigenvalue weighted by Gasteiger charge is -2.26. The van der Waals surface area contributed by atoms with Crippen LogP contribution < -0.4 is 19.3 Å². The lowest BCUT2D eigenvalue weighted by Crippen LogP contribution is -2.28. The summed E-state index contributed by atoms with van der Waals surface area (Å²) in [7, 11) is 3.25. The molecule has 0 N–H and O–H groups in total. The van der Waals surface area contributed by atoms with E-state index in [9.17, 15) is 9.59 Å². The van der Waals surface area contributed by atoms with E-state index < -0.39 is 0 Å². The van der Waals surface area contributed by atoms with Crippen LogP contribution in [-0.4, -0.2) is 37.5 Å². The molecule has 2 saturated heterocycles. The zero-order chi connectivity index (χ0) is 23.7. The van der Waals surface area contributed by atoms with E-state index in [-0.39, 0.29) is 22.6 Å². The van der Waals surface area contributed by atoms with Gasteiger partial charge in [-0.15, -0.1) is 23.5 Å². The van der Waals surface area contributed by atoms with Crippen LogP contribution in [0.5, 0.6) is 11.5 Å². The molecule has 2 aliphatic rings. The van der Waals surface area contributed by atoms with E-state index >= 15 is 0 Å². The Morgan fingerprint density at radius 1 is 0.618 bits per heavy atom. The number of methoxy groups -OCH3 is 2. The van der Waals surface area contributed by atoms with Crippen LogP contribution in [0.4, 0.5) is 11.4 Å². The third kappa shape index (κ3) is 4.23. The van der Waals surface area contributed by atoms with Crippen molar-refractivity contribution in [1.82, 2.24) is 0 Å². The number of carbonyl (C=O) groups excluding carboxylic acids is 2. The van der Waals surface area contributed by atoms with Gasteiger partial charge in [0.25, 0.3) is 0 Å². The number of hydrogen-bond acceptors (Lipinski definition) is 6. The summed E-state index contributed by atoms with van der Waals surface area (Å²) in [5.41, 5.74) is 3.82. The Morgan fingerprint density at radius 2 is 0.971 bits per heavy atom. The SMILES string of the molecule is COc1ccc(N2C(=O)CSC2c2ccc(C3SCC(=O)N3c3ccc(OC)cc3)cc2)cc1. The number of anilines is 2. The smallest absolute Gasteiger partial charge is 0.238 e. The topological polar surface area (TPSA) is 59.1 Å². The van der Waals surface area contributed by atoms with E-state index in [0.29, 0.717) is 11.5 Å². The van der Waals surface area contributed by atoms with Gasteiger partial charge >= 0.3 is 0 Å². The molecule has 2 unspecified atom stereocenters. The standard InChI is InChI=1S/C26H24N2O4S2/c1-31-21-11-7-19(8-12-21)27-23(29)15-33-25(27)17-3-5-18(6-4-17)26-28(24(30)16-34-26)20-9-13-22(32-2)14-10-20/h3-14,25-26H,15-16H2,1-2H3. The summed E-state index contributed by atoms with van der Waals surface area (Å²) < 4.78 is 10.5. The molecule has 6 nitrogen and oxygen atoms in total. The number of ether oxygens (including phenoxy) is 2. The number of nitrogens with zero attached hydrogens (tertiary/aromatic N) is 2. The van der Waals surface area contributed by atoms with E-state index in [1.165, 1.54) is 0 Å². The number of carbonyl (C=O) groups is 2. The van der Waals surface area contributed by atoms with Crippen LogP contribution in [0.1, 0.15) is 21.9 Å². The van der Waals surface area contributed by atoms with Crippen LogP contribution in [0.3, 0.4) is 0 Å². The molecule has 0 aliphatic carbocycles. The molecule has 0 bridgehead atoms. The monoisotopic (exact) mass is 492 g/mol. The molecule has 3 aromatic carbocycles. The summed E-state index contributed by atoms with van der Waals surface area (Å²) in [5.74, 6) is 2.58. The lowest BCUT2D eigenvalue weighted by atomic mass is 10.1. The van der Waals surface area contributed by atoms with Crippen LogP contribution in [0.2, 0.25) is 0 Å². The average molecular weight is 493 g/mol. The highest BCUT2D eigenvalue weighted by Gasteiger charge is 2.36. The van der Waals surface area contributed by atoms with Gasteiger partial charge < -0.3 is 9.47 Å². The number of thioether (sulfide) groups is 2. The molecule has 2 atom stereocenters. The van der Waals surface area contributed by atoms with Crippen molar-refractivity contribution in [3.8, 4) is 11.5 Å². The molecule has 0 spiro atoms. The Hall–Kier alpha value is -3.10. The third-order valence-corrected chi connectivity index (χ3v) is 8.37. The average Bonchev–Trinajstić information content (AvgIpc) is 3.46. The molecular formula is C26H24N2O4S2. The van der Waals surface area contributed by atoms with Crippen molar-refractivity contribution in [1.29, 1.82) is 0 Å². The zero-order valence-corrected chi connectivity index (χ0v) is 20.5. The van der Waals surface area contributed by atoms with Crippen LogP contribution in [0.25, 0.3) is 0 Å². The fraction of sp³-hybridized carbons (Fsp3) is 0.231. The van der Waals surface area contributed by atoms with Crippen molar-refractivity contribution in [2.45, 2.75) is 10.7 Å². The van der Waals surface area contributed by atoms with Crippen LogP contribution in [-0.2, 0) is 9.59 Å². The highest BCUT2D eigenvalue weighted by Crippen LogP contribution is 2.45. The first-order chi connectivity index (χ1) is 16.6. The first-order valence-electron chi connectivity index (χ1n) is 10.8. The van der Waals surface area contributed by atoms with Crippen molar-refractivity contribution < 1.29 is 19.1 Å². The summed E-state index contributed by atoms with van der Waals surface area (Å²) in [6, 6.07) is 23.4. The number of amides is 2. The lowest BCUT2D eigenvalue weighted by molar-refractivity contribution is -0.116. The quantitative estimate of drug-likeness (QED) is 0.468. The van der Waals surface area contributed by atoms with E-state index in [1.54, 1.807) is 37.7 Å². The molecule has 174 valence electrons. The van der Waals surface area contributed by atoms with Crippen LogP contribution in [0.15, 0.2) is 72.8 Å². The maximum absolute atomic E-state index is 12.7. The molecule has 0 radical (unpaired) electrons. The summed E-state index contributed by atoms with van der Waals surface area (Å²) in [6.07, 6.45) is 0. The predicted molar refractivity (Wildman–Crippen MR) is 138 cm³/mol. The summed E-state index contributed by atoms with van der Waals surface area (Å²) in [4.78, 5) is 29.1. The van der Waals surface area contributed by atoms with Gasteiger partial charge in [-0.25, -0.2) is 0 Å². The van der Waals surface area contributed by atoms with Gasteiger partial charge in [0.1, 0.15) is 22.2 Å². The zero-order valence-electron chi connectivity index (χ0n) is 18.8. The normalized spacial score (nSPS) is 20.2. The van der Waals surface area contributed by atoms with Crippen LogP contribution in [0, 0.1) is 0 Å². The van der Waals surface area contributed by atoms with Crippen molar-refractivity contribution in [3.05, 3.63) is 83.9 Å². The fourth-order valence-corrected chi connectivity index (χ4v) is 6.57. The number of rotatable bonds is 6. The van der Waals surface area contributed by atoms with E-state index in [2.05, 4.69) is 24.3 Å². The van der Waals surface area contributed by atoms with E-state index in [0.717, 1.165) is 34.0 Å². The van der Waals surface area contributed by atoms with Gasteiger partial charge in [-0.3, -0.25) is 19.4 Å². The van der Waals surface area contributed by atoms with Gasteiger partial charge in [0.15, 0.2) is 0 Å². The van der Waals surface area contributed by atoms with Gasteiger partial charge in [-0.2, -0.15) is 0 Å². The molecule has 3 aromatic rings. The minimum atomic E-state index is -0.0921. The second-order valence-electron chi connectivity index (χ2n) is 7.92. The summed E-state index contributed by atoms with van der Waals surface area (Å²) in [5, 5.41) is -0.184. The number of hydrogen-bond donors (Lipinski definition) is 0. The highest BCUT2D eigenvalue weighted by molar-refractivity contribution is 8.01. The second kappa shape index (κ2) is 9.64. The molecule has 2 heterocycles. The molecular weight excluding hydrogens is 468 g/mol. The minimum absolute atomic E-state index is 0.0897. The highest BCUT2D eigenvalue weighted by atomic mass is 32.2. The van der Waals surface area contributed by atoms with Gasteiger partial charge in [0.2, 0.25) is 11.8 Å². The first-order valence-corrected chi connectivity index (χ1v) is 12.9. The van der Waals surface area contributed by atoms with Crippen molar-refractivity contribution in [3.63, 3.8) is 0 Å². The molecule has 2 fully saturated rings. The summed E-state index contributed by atoms with van der Waals surface area (Å²) >= 11 is 3.24. The van der Waals surface area contributed by atoms with Gasteiger partial charge in [0, 0.05) is 11.4 Å². The third-order valence-electron chi connectivity index (χ3n) is 5.94. The van der Waals surface area contributed by atoms with Gasteiger partial charge in [-0.1, -0.05) is 24.3 Å². The molecule has 0 aromatic heterocycles. The first kappa shape index (κ1) is 22.7. The van der Waals surface area contributed by atoms with E-state index in [4.69, 9.17) is 9.47 Å². The van der Waals surface area contributed by atoms with E-state index in [1.807, 2.05) is 58.3 Å². The largest absolute Gasteiger partial charge is 0.497 e. The van der Waals surface area contributed by atoms with Crippen molar-refractivity contribution >= 4 is 46.7 Å². The molecule has 8 heteroatoms. The number of benzene rings is 3. The van der Waals surface area contributed by atoms with Crippen LogP contribution >= 0.6 is 23.5 Å². The molecule has 2 amide bonds. The Balaban J connectivity index is 1.39. The maximum Gasteiger partial charge on any atom is 0.238 e. The molecule has 34 heavy (non-hydrogen) atoms. The van der Waals surface area contributed by atoms with Crippen molar-refractivity contribution in [2.24, 2.45) is 0 Å². The second-order valence-corrected chi connectivity index (χ2v) is 10.1. The van der Waals surface area contributed by atoms with Gasteiger partial charge in [-0.05, 0) is 59.7 Å². The van der Waals surface area contributed by atoms with Gasteiger partial charge in [0.05, 0.1) is 25.7 Å². The van der Waals surface area contributed by atoms with Crippen molar-refractivity contribution in [2.75, 3.05) is 35.5 Å². The predicted octanol–water partition coefficient (Wildman–Crippen LogP) is 5.26. The molecule has 2 aliphatic heterocycles. The Morgan fingerprint density at radius 3 is 1.29 bits per heavy atom. The Labute approximate surface area is 207 Å².